The van der Waals surface area contributed by atoms with Crippen molar-refractivity contribution in [2.24, 2.45) is 0 Å². The van der Waals surface area contributed by atoms with E-state index < -0.39 is 0 Å². The number of hydrogen-bond acceptors (Lipinski definition) is 4. The van der Waals surface area contributed by atoms with Gasteiger partial charge in [0, 0.05) is 10.0 Å². The normalized spacial score (nSPS) is 16.0. The van der Waals surface area contributed by atoms with Gasteiger partial charge >= 0.3 is 0 Å². The molecule has 1 aliphatic rings. The van der Waals surface area contributed by atoms with E-state index in [1.165, 1.54) is 17.3 Å². The lowest BCUT2D eigenvalue weighted by Gasteiger charge is -2.08. The second kappa shape index (κ2) is 7.24. The van der Waals surface area contributed by atoms with Crippen molar-refractivity contribution >= 4 is 56.2 Å². The summed E-state index contributed by atoms with van der Waals surface area (Å²) in [6.07, 6.45) is 3.80. The maximum absolute atomic E-state index is 11.7. The van der Waals surface area contributed by atoms with Gasteiger partial charge in [0.25, 0.3) is 5.91 Å². The highest BCUT2D eigenvalue weighted by atomic mass is 79.9. The molecule has 110 valence electrons. The number of carbonyl (C=O) groups is 1. The first-order valence-electron chi connectivity index (χ1n) is 6.26. The van der Waals surface area contributed by atoms with Crippen molar-refractivity contribution in [3.05, 3.63) is 44.8 Å². The summed E-state index contributed by atoms with van der Waals surface area (Å²) in [4.78, 5) is 12.3. The average Bonchev–Trinajstić information content (AvgIpc) is 2.70. The van der Waals surface area contributed by atoms with Gasteiger partial charge in [0.1, 0.15) is 16.7 Å². The first-order valence-corrected chi connectivity index (χ1v) is 8.28. The lowest BCUT2D eigenvalue weighted by atomic mass is 10.2. The minimum absolute atomic E-state index is 0.166. The molecule has 1 aromatic rings. The van der Waals surface area contributed by atoms with Crippen LogP contribution in [0, 0.1) is 0 Å². The maximum atomic E-state index is 11.7. The van der Waals surface area contributed by atoms with Gasteiger partial charge in [-0.2, -0.15) is 0 Å². The molecule has 1 heterocycles. The molecule has 0 unspecified atom stereocenters. The van der Waals surface area contributed by atoms with Gasteiger partial charge in [0.15, 0.2) is 0 Å². The molecule has 6 heteroatoms. The van der Waals surface area contributed by atoms with E-state index in [-0.39, 0.29) is 5.91 Å². The number of carbonyl (C=O) groups excluding carboxylic acids is 1. The number of ether oxygens (including phenoxy) is 1. The smallest absolute Gasteiger partial charge is 0.263 e. The summed E-state index contributed by atoms with van der Waals surface area (Å²) in [5.41, 5.74) is 2.04. The summed E-state index contributed by atoms with van der Waals surface area (Å²) in [6.45, 7) is 4.54. The third kappa shape index (κ3) is 4.69. The Morgan fingerprint density at radius 1 is 1.48 bits per heavy atom. The summed E-state index contributed by atoms with van der Waals surface area (Å²) in [5, 5.41) is 2.60. The van der Waals surface area contributed by atoms with Crippen LogP contribution in [0.1, 0.15) is 19.4 Å². The van der Waals surface area contributed by atoms with E-state index in [1.807, 2.05) is 38.1 Å². The van der Waals surface area contributed by atoms with Crippen LogP contribution in [0.25, 0.3) is 6.08 Å². The van der Waals surface area contributed by atoms with Crippen LogP contribution < -0.4 is 10.1 Å². The van der Waals surface area contributed by atoms with Crippen molar-refractivity contribution in [2.45, 2.75) is 13.8 Å². The number of rotatable bonds is 4. The Balaban J connectivity index is 2.27. The van der Waals surface area contributed by atoms with Crippen molar-refractivity contribution in [3.63, 3.8) is 0 Å². The molecule has 0 atom stereocenters. The van der Waals surface area contributed by atoms with Crippen LogP contribution in [0.5, 0.6) is 5.75 Å². The molecule has 1 N–H and O–H groups in total. The number of halogens is 1. The first-order chi connectivity index (χ1) is 9.95. The highest BCUT2D eigenvalue weighted by Crippen LogP contribution is 2.31. The number of benzene rings is 1. The molecule has 0 saturated carbocycles. The van der Waals surface area contributed by atoms with Crippen molar-refractivity contribution < 1.29 is 9.53 Å². The molecule has 0 aromatic heterocycles. The van der Waals surface area contributed by atoms with Gasteiger partial charge in [-0.25, -0.2) is 0 Å². The standard InChI is InChI=1S/C15H14BrNO2S2/c1-9(2)5-6-19-12-4-3-11(16)7-10(12)8-13-14(18)17-15(20)21-13/h3-5,7-8H,6H2,1-2H3,(H,17,18,20). The largest absolute Gasteiger partial charge is 0.489 e. The number of nitrogens with one attached hydrogen (secondary N) is 1. The molecular weight excluding hydrogens is 370 g/mol. The molecule has 0 bridgehead atoms. The predicted octanol–water partition coefficient (Wildman–Crippen LogP) is 4.28. The Morgan fingerprint density at radius 2 is 2.24 bits per heavy atom. The van der Waals surface area contributed by atoms with Crippen molar-refractivity contribution in [2.75, 3.05) is 6.61 Å². The SMILES string of the molecule is CC(C)=CCOc1ccc(Br)cc1C=C1SC(=S)NC1=O. The van der Waals surface area contributed by atoms with Gasteiger partial charge in [-0.15, -0.1) is 0 Å². The van der Waals surface area contributed by atoms with Crippen LogP contribution in [0.4, 0.5) is 0 Å². The highest BCUT2D eigenvalue weighted by Gasteiger charge is 2.22. The fourth-order valence-corrected chi connectivity index (χ4v) is 3.04. The van der Waals surface area contributed by atoms with Crippen LogP contribution in [0.2, 0.25) is 0 Å². The molecule has 1 fully saturated rings. The summed E-state index contributed by atoms with van der Waals surface area (Å²) in [5.74, 6) is 0.564. The number of amides is 1. The Hall–Kier alpha value is -1.11. The molecule has 1 saturated heterocycles. The summed E-state index contributed by atoms with van der Waals surface area (Å²) < 4.78 is 7.17. The van der Waals surface area contributed by atoms with E-state index in [0.717, 1.165) is 15.8 Å². The van der Waals surface area contributed by atoms with Crippen LogP contribution in [-0.4, -0.2) is 16.8 Å². The fraction of sp³-hybridized carbons (Fsp3) is 0.200. The zero-order valence-electron chi connectivity index (χ0n) is 11.6. The van der Waals surface area contributed by atoms with Gasteiger partial charge in [-0.3, -0.25) is 4.79 Å². The summed E-state index contributed by atoms with van der Waals surface area (Å²) in [6, 6.07) is 5.71. The topological polar surface area (TPSA) is 38.3 Å². The third-order valence-corrected chi connectivity index (χ3v) is 4.29. The van der Waals surface area contributed by atoms with Gasteiger partial charge < -0.3 is 10.1 Å². The lowest BCUT2D eigenvalue weighted by Crippen LogP contribution is -2.17. The van der Waals surface area contributed by atoms with Crippen LogP contribution in [-0.2, 0) is 4.79 Å². The van der Waals surface area contributed by atoms with Crippen LogP contribution in [0.3, 0.4) is 0 Å². The molecule has 21 heavy (non-hydrogen) atoms. The van der Waals surface area contributed by atoms with Gasteiger partial charge in [-0.05, 0) is 44.2 Å². The Labute approximate surface area is 142 Å². The van der Waals surface area contributed by atoms with Crippen molar-refractivity contribution in [1.29, 1.82) is 0 Å². The summed E-state index contributed by atoms with van der Waals surface area (Å²) in [7, 11) is 0. The van der Waals surface area contributed by atoms with E-state index in [4.69, 9.17) is 17.0 Å². The average molecular weight is 384 g/mol. The zero-order valence-corrected chi connectivity index (χ0v) is 14.8. The maximum Gasteiger partial charge on any atom is 0.263 e. The van der Waals surface area contributed by atoms with Gasteiger partial charge in [0.05, 0.1) is 4.91 Å². The summed E-state index contributed by atoms with van der Waals surface area (Å²) >= 11 is 9.68. The van der Waals surface area contributed by atoms with E-state index in [1.54, 1.807) is 6.08 Å². The molecule has 0 aliphatic carbocycles. The third-order valence-electron chi connectivity index (χ3n) is 2.63. The number of allylic oxidation sites excluding steroid dienone is 1. The van der Waals surface area contributed by atoms with E-state index >= 15 is 0 Å². The van der Waals surface area contributed by atoms with Crippen molar-refractivity contribution in [1.82, 2.24) is 5.32 Å². The van der Waals surface area contributed by atoms with Gasteiger partial charge in [0.2, 0.25) is 0 Å². The molecule has 1 amide bonds. The van der Waals surface area contributed by atoms with E-state index in [9.17, 15) is 4.79 Å². The number of thiocarbonyl (C=S) groups is 1. The van der Waals surface area contributed by atoms with Gasteiger partial charge in [-0.1, -0.05) is 45.5 Å². The second-order valence-electron chi connectivity index (χ2n) is 4.63. The quantitative estimate of drug-likeness (QED) is 0.478. The van der Waals surface area contributed by atoms with Crippen LogP contribution >= 0.6 is 39.9 Å². The first kappa shape index (κ1) is 16.3. The van der Waals surface area contributed by atoms with E-state index in [0.29, 0.717) is 15.8 Å². The predicted molar refractivity (Wildman–Crippen MR) is 95.4 cm³/mol. The lowest BCUT2D eigenvalue weighted by molar-refractivity contribution is -0.115. The Bertz CT molecular complexity index is 649. The number of hydrogen-bond donors (Lipinski definition) is 1. The fourth-order valence-electron chi connectivity index (χ4n) is 1.62. The zero-order chi connectivity index (χ0) is 15.4. The minimum Gasteiger partial charge on any atom is -0.489 e. The Morgan fingerprint density at radius 3 is 2.86 bits per heavy atom. The molecule has 2 rings (SSSR count). The second-order valence-corrected chi connectivity index (χ2v) is 7.26. The Kier molecular flexibility index (Phi) is 5.61. The van der Waals surface area contributed by atoms with Crippen LogP contribution in [0.15, 0.2) is 39.2 Å². The minimum atomic E-state index is -0.166. The molecular formula is C15H14BrNO2S2. The molecule has 1 aromatic carbocycles. The highest BCUT2D eigenvalue weighted by molar-refractivity contribution is 9.10. The van der Waals surface area contributed by atoms with E-state index in [2.05, 4.69) is 21.2 Å². The molecule has 0 spiro atoms. The monoisotopic (exact) mass is 383 g/mol. The molecule has 0 radical (unpaired) electrons. The number of thioether (sulfide) groups is 1. The molecule has 3 nitrogen and oxygen atoms in total. The molecule has 1 aliphatic heterocycles. The van der Waals surface area contributed by atoms with Crippen molar-refractivity contribution in [3.8, 4) is 5.75 Å².